The van der Waals surface area contributed by atoms with Crippen LogP contribution in [0.4, 0.5) is 11.4 Å². The number of carbonyl (C=O) groups excluding carboxylic acids is 2. The van der Waals surface area contributed by atoms with Crippen LogP contribution in [-0.4, -0.2) is 43.6 Å². The van der Waals surface area contributed by atoms with Gasteiger partial charge in [0, 0.05) is 27.6 Å². The summed E-state index contributed by atoms with van der Waals surface area (Å²) in [6.07, 6.45) is 3.69. The number of hydrogen-bond donors (Lipinski definition) is 1. The SMILES string of the molecule is COC(=O)c1cc(N)ccc1SC.COC(=O)c1cc([N+](=O)[O-])ccc1SC. The summed E-state index contributed by atoms with van der Waals surface area (Å²) in [6.45, 7) is 0. The van der Waals surface area contributed by atoms with E-state index in [1.54, 1.807) is 18.4 Å². The molecule has 2 rings (SSSR count). The van der Waals surface area contributed by atoms with Gasteiger partial charge < -0.3 is 15.2 Å². The number of carbonyl (C=O) groups is 2. The van der Waals surface area contributed by atoms with E-state index in [-0.39, 0.29) is 17.2 Å². The zero-order chi connectivity index (χ0) is 21.3. The van der Waals surface area contributed by atoms with Crippen molar-refractivity contribution in [1.82, 2.24) is 0 Å². The van der Waals surface area contributed by atoms with Gasteiger partial charge in [-0.1, -0.05) is 0 Å². The van der Waals surface area contributed by atoms with Crippen LogP contribution in [0.15, 0.2) is 46.2 Å². The van der Waals surface area contributed by atoms with Gasteiger partial charge in [0.15, 0.2) is 0 Å². The number of non-ortho nitro benzene ring substituents is 1. The highest BCUT2D eigenvalue weighted by Gasteiger charge is 2.16. The van der Waals surface area contributed by atoms with Crippen molar-refractivity contribution in [3.05, 3.63) is 57.6 Å². The fourth-order valence-corrected chi connectivity index (χ4v) is 3.21. The van der Waals surface area contributed by atoms with Gasteiger partial charge in [-0.2, -0.15) is 0 Å². The minimum atomic E-state index is -0.567. The number of anilines is 1. The number of rotatable bonds is 5. The quantitative estimate of drug-likeness (QED) is 0.250. The number of nitro groups is 1. The number of nitrogen functional groups attached to an aromatic ring is 1. The molecule has 2 aromatic carbocycles. The van der Waals surface area contributed by atoms with Gasteiger partial charge in [-0.15, -0.1) is 23.5 Å². The molecule has 0 aliphatic heterocycles. The van der Waals surface area contributed by atoms with Gasteiger partial charge in [-0.05, 0) is 36.8 Å². The first-order chi connectivity index (χ1) is 13.3. The molecule has 0 spiro atoms. The molecule has 0 heterocycles. The molecule has 2 aromatic rings. The van der Waals surface area contributed by atoms with Gasteiger partial charge in [-0.25, -0.2) is 9.59 Å². The molecule has 8 nitrogen and oxygen atoms in total. The number of nitro benzene ring substituents is 1. The van der Waals surface area contributed by atoms with E-state index < -0.39 is 10.9 Å². The van der Waals surface area contributed by atoms with Crippen LogP contribution in [0.25, 0.3) is 0 Å². The predicted octanol–water partition coefficient (Wildman–Crippen LogP) is 3.88. The highest BCUT2D eigenvalue weighted by molar-refractivity contribution is 7.99. The molecule has 2 N–H and O–H groups in total. The molecule has 10 heteroatoms. The van der Waals surface area contributed by atoms with Crippen molar-refractivity contribution in [3.8, 4) is 0 Å². The Morgan fingerprint density at radius 2 is 1.39 bits per heavy atom. The third-order valence-corrected chi connectivity index (χ3v) is 5.02. The van der Waals surface area contributed by atoms with Crippen molar-refractivity contribution >= 4 is 46.8 Å². The third-order valence-electron chi connectivity index (χ3n) is 3.43. The van der Waals surface area contributed by atoms with Crippen LogP contribution in [0.2, 0.25) is 0 Å². The Labute approximate surface area is 170 Å². The molecule has 0 saturated heterocycles. The summed E-state index contributed by atoms with van der Waals surface area (Å²) in [5, 5.41) is 10.5. The number of benzene rings is 2. The molecule has 0 aromatic heterocycles. The first-order valence-electron chi connectivity index (χ1n) is 7.71. The molecule has 0 bridgehead atoms. The van der Waals surface area contributed by atoms with E-state index in [1.807, 2.05) is 12.3 Å². The highest BCUT2D eigenvalue weighted by Crippen LogP contribution is 2.25. The minimum Gasteiger partial charge on any atom is -0.465 e. The van der Waals surface area contributed by atoms with Crippen molar-refractivity contribution < 1.29 is 24.0 Å². The third kappa shape index (κ3) is 6.17. The van der Waals surface area contributed by atoms with Crippen LogP contribution in [-0.2, 0) is 9.47 Å². The summed E-state index contributed by atoms with van der Waals surface area (Å²) < 4.78 is 9.16. The molecular formula is C18H20N2O6S2. The molecule has 0 radical (unpaired) electrons. The second-order valence-electron chi connectivity index (χ2n) is 5.08. The Morgan fingerprint density at radius 1 is 0.929 bits per heavy atom. The van der Waals surface area contributed by atoms with Crippen molar-refractivity contribution in [2.75, 3.05) is 32.5 Å². The maximum Gasteiger partial charge on any atom is 0.339 e. The first-order valence-corrected chi connectivity index (χ1v) is 10.2. The predicted molar refractivity (Wildman–Crippen MR) is 110 cm³/mol. The largest absolute Gasteiger partial charge is 0.465 e. The van der Waals surface area contributed by atoms with Crippen LogP contribution in [0.3, 0.4) is 0 Å². The van der Waals surface area contributed by atoms with E-state index in [0.717, 1.165) is 4.90 Å². The monoisotopic (exact) mass is 424 g/mol. The lowest BCUT2D eigenvalue weighted by molar-refractivity contribution is -0.384. The van der Waals surface area contributed by atoms with Gasteiger partial charge in [-0.3, -0.25) is 10.1 Å². The molecule has 28 heavy (non-hydrogen) atoms. The smallest absolute Gasteiger partial charge is 0.339 e. The van der Waals surface area contributed by atoms with Crippen LogP contribution >= 0.6 is 23.5 Å². The number of esters is 2. The van der Waals surface area contributed by atoms with E-state index in [4.69, 9.17) is 5.73 Å². The molecule has 0 aliphatic carbocycles. The second kappa shape index (κ2) is 11.2. The fourth-order valence-electron chi connectivity index (χ4n) is 2.07. The van der Waals surface area contributed by atoms with Gasteiger partial charge >= 0.3 is 11.9 Å². The van der Waals surface area contributed by atoms with Crippen molar-refractivity contribution in [3.63, 3.8) is 0 Å². The van der Waals surface area contributed by atoms with E-state index in [9.17, 15) is 19.7 Å². The molecule has 0 amide bonds. The maximum absolute atomic E-state index is 11.3. The summed E-state index contributed by atoms with van der Waals surface area (Å²) in [7, 11) is 2.60. The summed E-state index contributed by atoms with van der Waals surface area (Å²) in [4.78, 5) is 34.1. The average molecular weight is 425 g/mol. The number of thioether (sulfide) groups is 2. The highest BCUT2D eigenvalue weighted by atomic mass is 32.2. The van der Waals surface area contributed by atoms with Gasteiger partial charge in [0.25, 0.3) is 5.69 Å². The molecule has 0 unspecified atom stereocenters. The topological polar surface area (TPSA) is 122 Å². The van der Waals surface area contributed by atoms with E-state index in [1.165, 1.54) is 55.9 Å². The van der Waals surface area contributed by atoms with E-state index in [2.05, 4.69) is 9.47 Å². The standard InChI is InChI=1S/C9H9NO4S.C9H11NO2S/c1-14-9(11)7-5-6(10(12)13)3-4-8(7)15-2;1-12-9(11)7-5-6(10)3-4-8(7)13-2/h3-5H,1-2H3;3-5H,10H2,1-2H3. The Balaban J connectivity index is 0.000000283. The molecular weight excluding hydrogens is 404 g/mol. The average Bonchev–Trinajstić information content (AvgIpc) is 2.72. The Kier molecular flexibility index (Phi) is 9.33. The number of ether oxygens (including phenoxy) is 2. The first kappa shape index (κ1) is 23.3. The summed E-state index contributed by atoms with van der Waals surface area (Å²) in [6, 6.07) is 9.31. The van der Waals surface area contributed by atoms with Crippen LogP contribution in [0.5, 0.6) is 0 Å². The molecule has 0 aliphatic rings. The Hall–Kier alpha value is -2.72. The summed E-state index contributed by atoms with van der Waals surface area (Å²) in [5.41, 5.74) is 6.75. The van der Waals surface area contributed by atoms with Gasteiger partial charge in [0.1, 0.15) is 0 Å². The number of methoxy groups -OCH3 is 2. The molecule has 0 fully saturated rings. The van der Waals surface area contributed by atoms with Gasteiger partial charge in [0.2, 0.25) is 0 Å². The lowest BCUT2D eigenvalue weighted by Crippen LogP contribution is -2.04. The van der Waals surface area contributed by atoms with E-state index >= 15 is 0 Å². The lowest BCUT2D eigenvalue weighted by Gasteiger charge is -2.05. The maximum atomic E-state index is 11.3. The normalized spacial score (nSPS) is 9.71. The van der Waals surface area contributed by atoms with Crippen LogP contribution < -0.4 is 5.73 Å². The minimum absolute atomic E-state index is 0.117. The lowest BCUT2D eigenvalue weighted by atomic mass is 10.2. The zero-order valence-electron chi connectivity index (χ0n) is 15.8. The Morgan fingerprint density at radius 3 is 1.82 bits per heavy atom. The Bertz CT molecular complexity index is 873. The molecule has 150 valence electrons. The van der Waals surface area contributed by atoms with Crippen LogP contribution in [0, 0.1) is 10.1 Å². The van der Waals surface area contributed by atoms with E-state index in [0.29, 0.717) is 16.1 Å². The van der Waals surface area contributed by atoms with Crippen molar-refractivity contribution in [2.24, 2.45) is 0 Å². The second-order valence-corrected chi connectivity index (χ2v) is 6.78. The fraction of sp³-hybridized carbons (Fsp3) is 0.222. The summed E-state index contributed by atoms with van der Waals surface area (Å²) >= 11 is 2.83. The van der Waals surface area contributed by atoms with Gasteiger partial charge in [0.05, 0.1) is 30.3 Å². The number of hydrogen-bond acceptors (Lipinski definition) is 9. The molecule has 0 saturated carbocycles. The zero-order valence-corrected chi connectivity index (χ0v) is 17.4. The number of nitrogens with two attached hydrogens (primary N) is 1. The van der Waals surface area contributed by atoms with Crippen molar-refractivity contribution in [2.45, 2.75) is 9.79 Å². The summed E-state index contributed by atoms with van der Waals surface area (Å²) in [5.74, 6) is -0.917. The number of nitrogens with zero attached hydrogens (tertiary/aromatic N) is 1. The van der Waals surface area contributed by atoms with Crippen LogP contribution in [0.1, 0.15) is 20.7 Å². The van der Waals surface area contributed by atoms with Crippen molar-refractivity contribution in [1.29, 1.82) is 0 Å². The molecule has 0 atom stereocenters.